The molecular formula is C7H11NO4S. The summed E-state index contributed by atoms with van der Waals surface area (Å²) in [4.78, 5) is 3.78. The van der Waals surface area contributed by atoms with Crippen LogP contribution >= 0.6 is 0 Å². The van der Waals surface area contributed by atoms with Crippen molar-refractivity contribution >= 4 is 10.4 Å². The number of hydrogen-bond donors (Lipinski definition) is 1. The number of pyridine rings is 1. The maximum absolute atomic E-state index is 9.56. The molecule has 1 rings (SSSR count). The van der Waals surface area contributed by atoms with E-state index in [-0.39, 0.29) is 6.61 Å². The Hall–Kier alpha value is -0.980. The van der Waals surface area contributed by atoms with Crippen molar-refractivity contribution < 1.29 is 17.2 Å². The minimum atomic E-state index is -4.17. The van der Waals surface area contributed by atoms with E-state index in [1.54, 1.807) is 12.4 Å². The molecule has 5 nitrogen and oxygen atoms in total. The van der Waals surface area contributed by atoms with Gasteiger partial charge in [0, 0.05) is 12.4 Å². The van der Waals surface area contributed by atoms with E-state index in [0.29, 0.717) is 0 Å². The second kappa shape index (κ2) is 6.53. The van der Waals surface area contributed by atoms with E-state index >= 15 is 0 Å². The predicted octanol–water partition coefficient (Wildman–Crippen LogP) is 0.907. The van der Waals surface area contributed by atoms with E-state index in [1.807, 2.05) is 18.2 Å². The molecule has 13 heavy (non-hydrogen) atoms. The quantitative estimate of drug-likeness (QED) is 0.726. The molecule has 0 spiro atoms. The summed E-state index contributed by atoms with van der Waals surface area (Å²) in [5.74, 6) is 0. The van der Waals surface area contributed by atoms with Crippen LogP contribution in [0.5, 0.6) is 0 Å². The van der Waals surface area contributed by atoms with Gasteiger partial charge in [-0.15, -0.1) is 0 Å². The summed E-state index contributed by atoms with van der Waals surface area (Å²) in [7, 11) is -4.17. The first-order valence-electron chi connectivity index (χ1n) is 3.53. The fourth-order valence-electron chi connectivity index (χ4n) is 0.462. The van der Waals surface area contributed by atoms with Gasteiger partial charge in [0.25, 0.3) is 0 Å². The van der Waals surface area contributed by atoms with Crippen molar-refractivity contribution in [3.8, 4) is 0 Å². The van der Waals surface area contributed by atoms with Gasteiger partial charge in [0.2, 0.25) is 0 Å². The number of rotatable bonds is 2. The molecule has 6 heteroatoms. The normalized spacial score (nSPS) is 10.0. The van der Waals surface area contributed by atoms with Crippen molar-refractivity contribution in [2.24, 2.45) is 0 Å². The molecule has 1 aromatic heterocycles. The molecule has 1 aromatic rings. The molecule has 1 heterocycles. The molecule has 0 aliphatic heterocycles. The second-order valence-corrected chi connectivity index (χ2v) is 2.95. The van der Waals surface area contributed by atoms with Gasteiger partial charge in [-0.2, -0.15) is 8.42 Å². The molecule has 0 aromatic carbocycles. The Labute approximate surface area is 77.3 Å². The average Bonchev–Trinajstić information content (AvgIpc) is 2.06. The fraction of sp³-hybridized carbons (Fsp3) is 0.286. The zero-order valence-corrected chi connectivity index (χ0v) is 7.94. The van der Waals surface area contributed by atoms with Gasteiger partial charge in [-0.3, -0.25) is 9.54 Å². The molecule has 0 fully saturated rings. The van der Waals surface area contributed by atoms with Gasteiger partial charge in [-0.05, 0) is 19.1 Å². The number of nitrogens with zero attached hydrogens (tertiary/aromatic N) is 1. The SMILES string of the molecule is CCOS(=O)(=O)O.c1ccncc1. The average molecular weight is 205 g/mol. The largest absolute Gasteiger partial charge is 0.397 e. The highest BCUT2D eigenvalue weighted by molar-refractivity contribution is 7.80. The second-order valence-electron chi connectivity index (χ2n) is 1.86. The van der Waals surface area contributed by atoms with Gasteiger partial charge in [0.05, 0.1) is 6.61 Å². The molecule has 0 aliphatic rings. The topological polar surface area (TPSA) is 76.5 Å². The van der Waals surface area contributed by atoms with Crippen molar-refractivity contribution in [2.45, 2.75) is 6.92 Å². The first-order valence-corrected chi connectivity index (χ1v) is 4.89. The standard InChI is InChI=1S/C5H5N.C2H6O4S/c1-2-4-6-5-3-1;1-2-6-7(3,4)5/h1-5H;2H2,1H3,(H,3,4,5). The van der Waals surface area contributed by atoms with Crippen LogP contribution in [0.15, 0.2) is 30.6 Å². The lowest BCUT2D eigenvalue weighted by Gasteiger charge is -1.88. The van der Waals surface area contributed by atoms with Crippen LogP contribution in [0.1, 0.15) is 6.92 Å². The highest BCUT2D eigenvalue weighted by Crippen LogP contribution is 1.81. The van der Waals surface area contributed by atoms with Crippen LogP contribution in [0, 0.1) is 0 Å². The van der Waals surface area contributed by atoms with Crippen LogP contribution in [-0.2, 0) is 14.6 Å². The van der Waals surface area contributed by atoms with Gasteiger partial charge >= 0.3 is 10.4 Å². The lowest BCUT2D eigenvalue weighted by molar-refractivity contribution is 0.283. The molecule has 0 bridgehead atoms. The van der Waals surface area contributed by atoms with E-state index in [1.165, 1.54) is 6.92 Å². The first-order chi connectivity index (χ1) is 6.06. The van der Waals surface area contributed by atoms with Crippen LogP contribution in [0.3, 0.4) is 0 Å². The summed E-state index contributed by atoms with van der Waals surface area (Å²) in [6, 6.07) is 5.72. The van der Waals surface area contributed by atoms with Crippen molar-refractivity contribution in [2.75, 3.05) is 6.61 Å². The molecular weight excluding hydrogens is 194 g/mol. The van der Waals surface area contributed by atoms with Crippen LogP contribution in [0.25, 0.3) is 0 Å². The molecule has 0 amide bonds. The van der Waals surface area contributed by atoms with Crippen LogP contribution in [0.2, 0.25) is 0 Å². The summed E-state index contributed by atoms with van der Waals surface area (Å²) in [5, 5.41) is 0. The molecule has 0 saturated carbocycles. The maximum Gasteiger partial charge on any atom is 0.397 e. The summed E-state index contributed by atoms with van der Waals surface area (Å²) >= 11 is 0. The smallest absolute Gasteiger partial charge is 0.265 e. The van der Waals surface area contributed by atoms with Crippen molar-refractivity contribution in [1.29, 1.82) is 0 Å². The highest BCUT2D eigenvalue weighted by atomic mass is 32.3. The summed E-state index contributed by atoms with van der Waals surface area (Å²) in [6.07, 6.45) is 3.50. The maximum atomic E-state index is 9.56. The van der Waals surface area contributed by atoms with E-state index < -0.39 is 10.4 Å². The minimum Gasteiger partial charge on any atom is -0.265 e. The Kier molecular flexibility index (Phi) is 6.03. The third-order valence-electron chi connectivity index (χ3n) is 0.833. The van der Waals surface area contributed by atoms with E-state index in [4.69, 9.17) is 4.55 Å². The minimum absolute atomic E-state index is 0.0289. The monoisotopic (exact) mass is 205 g/mol. The first kappa shape index (κ1) is 12.0. The molecule has 74 valence electrons. The van der Waals surface area contributed by atoms with E-state index in [0.717, 1.165) is 0 Å². The van der Waals surface area contributed by atoms with Gasteiger partial charge in [0.15, 0.2) is 0 Å². The van der Waals surface area contributed by atoms with E-state index in [9.17, 15) is 8.42 Å². The van der Waals surface area contributed by atoms with Gasteiger partial charge in [0.1, 0.15) is 0 Å². The molecule has 0 atom stereocenters. The zero-order valence-electron chi connectivity index (χ0n) is 7.12. The van der Waals surface area contributed by atoms with Crippen LogP contribution in [-0.4, -0.2) is 24.6 Å². The van der Waals surface area contributed by atoms with Crippen LogP contribution < -0.4 is 0 Å². The fourth-order valence-corrected chi connectivity index (χ4v) is 0.759. The van der Waals surface area contributed by atoms with Gasteiger partial charge in [-0.25, -0.2) is 4.18 Å². The van der Waals surface area contributed by atoms with Crippen molar-refractivity contribution in [3.05, 3.63) is 30.6 Å². The molecule has 0 saturated heterocycles. The van der Waals surface area contributed by atoms with Gasteiger partial charge < -0.3 is 0 Å². The summed E-state index contributed by atoms with van der Waals surface area (Å²) < 4.78 is 30.7. The number of hydrogen-bond acceptors (Lipinski definition) is 4. The summed E-state index contributed by atoms with van der Waals surface area (Å²) in [6.45, 7) is 1.44. The Morgan fingerprint density at radius 2 is 1.85 bits per heavy atom. The third kappa shape index (κ3) is 11.0. The highest BCUT2D eigenvalue weighted by Gasteiger charge is 1.98. The molecule has 0 radical (unpaired) electrons. The zero-order chi connectivity index (χ0) is 10.2. The van der Waals surface area contributed by atoms with E-state index in [2.05, 4.69) is 9.17 Å². The Morgan fingerprint density at radius 3 is 1.92 bits per heavy atom. The lowest BCUT2D eigenvalue weighted by Crippen LogP contribution is -2.01. The van der Waals surface area contributed by atoms with Crippen molar-refractivity contribution in [1.82, 2.24) is 4.98 Å². The Morgan fingerprint density at radius 1 is 1.31 bits per heavy atom. The Bertz CT molecular complexity index is 271. The van der Waals surface area contributed by atoms with Crippen molar-refractivity contribution in [3.63, 3.8) is 0 Å². The Balaban J connectivity index is 0.000000223. The lowest BCUT2D eigenvalue weighted by atomic mass is 10.5. The molecule has 0 unspecified atom stereocenters. The van der Waals surface area contributed by atoms with Crippen LogP contribution in [0.4, 0.5) is 0 Å². The summed E-state index contributed by atoms with van der Waals surface area (Å²) in [5.41, 5.74) is 0. The third-order valence-corrected chi connectivity index (χ3v) is 1.37. The molecule has 1 N–H and O–H groups in total. The van der Waals surface area contributed by atoms with Gasteiger partial charge in [-0.1, -0.05) is 6.07 Å². The predicted molar refractivity (Wildman–Crippen MR) is 47.4 cm³/mol. The molecule has 0 aliphatic carbocycles. The number of aromatic nitrogens is 1.